The Morgan fingerprint density at radius 1 is 1.32 bits per heavy atom. The molecule has 2 N–H and O–H groups in total. The molecule has 0 spiro atoms. The number of carbonyl (C=O) groups excluding carboxylic acids is 2. The smallest absolute Gasteiger partial charge is 0.408 e. The summed E-state index contributed by atoms with van der Waals surface area (Å²) >= 11 is 0. The quantitative estimate of drug-likeness (QED) is 0.860. The van der Waals surface area contributed by atoms with Gasteiger partial charge in [0.25, 0.3) is 0 Å². The predicted octanol–water partition coefficient (Wildman–Crippen LogP) is 1.23. The molecular formula is C14H18N2O3. The lowest BCUT2D eigenvalue weighted by atomic mass is 10.1. The van der Waals surface area contributed by atoms with Gasteiger partial charge in [0.1, 0.15) is 6.61 Å². The third kappa shape index (κ3) is 4.37. The number of ketones is 1. The van der Waals surface area contributed by atoms with Gasteiger partial charge in [-0.25, -0.2) is 4.79 Å². The monoisotopic (exact) mass is 262 g/mol. The first-order valence-corrected chi connectivity index (χ1v) is 6.46. The van der Waals surface area contributed by atoms with Crippen LogP contribution in [0.25, 0.3) is 0 Å². The van der Waals surface area contributed by atoms with E-state index in [4.69, 9.17) is 4.74 Å². The Kier molecular flexibility index (Phi) is 4.92. The van der Waals surface area contributed by atoms with Gasteiger partial charge >= 0.3 is 6.09 Å². The van der Waals surface area contributed by atoms with Crippen molar-refractivity contribution >= 4 is 11.9 Å². The molecule has 1 aromatic carbocycles. The predicted molar refractivity (Wildman–Crippen MR) is 70.7 cm³/mol. The zero-order valence-corrected chi connectivity index (χ0v) is 10.7. The van der Waals surface area contributed by atoms with Crippen LogP contribution in [0.2, 0.25) is 0 Å². The zero-order chi connectivity index (χ0) is 13.5. The summed E-state index contributed by atoms with van der Waals surface area (Å²) in [4.78, 5) is 23.4. The maximum absolute atomic E-state index is 11.7. The highest BCUT2D eigenvalue weighted by molar-refractivity contribution is 5.87. The van der Waals surface area contributed by atoms with Gasteiger partial charge in [0.15, 0.2) is 5.78 Å². The Morgan fingerprint density at radius 2 is 2.11 bits per heavy atom. The van der Waals surface area contributed by atoms with E-state index in [1.165, 1.54) is 0 Å². The molecule has 0 aromatic heterocycles. The van der Waals surface area contributed by atoms with E-state index in [0.29, 0.717) is 19.4 Å². The standard InChI is InChI=1S/C14H18N2O3/c17-13-7-9-15-8-6-12(13)16-14(18)19-10-11-4-2-1-3-5-11/h1-5,12,15H,6-10H2,(H,16,18). The molecule has 19 heavy (non-hydrogen) atoms. The van der Waals surface area contributed by atoms with Gasteiger partial charge in [-0.3, -0.25) is 4.79 Å². The zero-order valence-electron chi connectivity index (χ0n) is 10.7. The fourth-order valence-corrected chi connectivity index (χ4v) is 1.98. The van der Waals surface area contributed by atoms with E-state index in [-0.39, 0.29) is 12.4 Å². The molecule has 5 nitrogen and oxygen atoms in total. The van der Waals surface area contributed by atoms with E-state index in [0.717, 1.165) is 12.1 Å². The number of hydrogen-bond acceptors (Lipinski definition) is 4. The van der Waals surface area contributed by atoms with E-state index in [2.05, 4.69) is 10.6 Å². The Hall–Kier alpha value is -1.88. The summed E-state index contributed by atoms with van der Waals surface area (Å²) in [5, 5.41) is 5.75. The summed E-state index contributed by atoms with van der Waals surface area (Å²) in [5.74, 6) is 0.0571. The van der Waals surface area contributed by atoms with Crippen molar-refractivity contribution in [1.29, 1.82) is 0 Å². The van der Waals surface area contributed by atoms with Crippen molar-refractivity contribution in [2.75, 3.05) is 13.1 Å². The Labute approximate surface area is 112 Å². The Morgan fingerprint density at radius 3 is 2.89 bits per heavy atom. The average Bonchev–Trinajstić information content (AvgIpc) is 2.63. The summed E-state index contributed by atoms with van der Waals surface area (Å²) in [6.45, 7) is 1.62. The maximum atomic E-state index is 11.7. The molecule has 0 saturated carbocycles. The Bertz CT molecular complexity index is 434. The number of hydrogen-bond donors (Lipinski definition) is 2. The van der Waals surface area contributed by atoms with E-state index in [9.17, 15) is 9.59 Å². The van der Waals surface area contributed by atoms with Crippen molar-refractivity contribution in [3.05, 3.63) is 35.9 Å². The molecule has 0 bridgehead atoms. The van der Waals surface area contributed by atoms with Crippen molar-refractivity contribution in [1.82, 2.24) is 10.6 Å². The second-order valence-electron chi connectivity index (χ2n) is 4.51. The van der Waals surface area contributed by atoms with Crippen LogP contribution in [0, 0.1) is 0 Å². The normalized spacial score (nSPS) is 19.6. The number of alkyl carbamates (subject to hydrolysis) is 1. The first-order valence-electron chi connectivity index (χ1n) is 6.46. The molecule has 1 atom stereocenters. The van der Waals surface area contributed by atoms with Gasteiger partial charge in [-0.2, -0.15) is 0 Å². The highest BCUT2D eigenvalue weighted by Gasteiger charge is 2.22. The van der Waals surface area contributed by atoms with Crippen LogP contribution in [0.15, 0.2) is 30.3 Å². The summed E-state index contributed by atoms with van der Waals surface area (Å²) in [5.41, 5.74) is 0.923. The Balaban J connectivity index is 1.79. The van der Waals surface area contributed by atoms with Crippen LogP contribution in [0.4, 0.5) is 4.79 Å². The van der Waals surface area contributed by atoms with Crippen LogP contribution in [-0.4, -0.2) is 31.0 Å². The minimum absolute atomic E-state index is 0.0571. The number of Topliss-reactive ketones (excluding diaryl/α,β-unsaturated/α-hetero) is 1. The average molecular weight is 262 g/mol. The molecule has 1 aliphatic heterocycles. The maximum Gasteiger partial charge on any atom is 0.408 e. The first-order chi connectivity index (χ1) is 9.25. The lowest BCUT2D eigenvalue weighted by Gasteiger charge is -2.14. The van der Waals surface area contributed by atoms with E-state index < -0.39 is 12.1 Å². The highest BCUT2D eigenvalue weighted by Crippen LogP contribution is 2.04. The molecular weight excluding hydrogens is 244 g/mol. The van der Waals surface area contributed by atoms with Crippen LogP contribution in [-0.2, 0) is 16.1 Å². The van der Waals surface area contributed by atoms with E-state index >= 15 is 0 Å². The van der Waals surface area contributed by atoms with Gasteiger partial charge in [-0.1, -0.05) is 30.3 Å². The second-order valence-corrected chi connectivity index (χ2v) is 4.51. The molecule has 1 aliphatic rings. The van der Waals surface area contributed by atoms with Gasteiger partial charge in [0, 0.05) is 13.0 Å². The van der Waals surface area contributed by atoms with Crippen LogP contribution in [0.3, 0.4) is 0 Å². The molecule has 1 unspecified atom stereocenters. The molecule has 1 amide bonds. The van der Waals surface area contributed by atoms with Crippen molar-refractivity contribution in [3.63, 3.8) is 0 Å². The second kappa shape index (κ2) is 6.89. The first kappa shape index (κ1) is 13.5. The SMILES string of the molecule is O=C(NC1CCNCCC1=O)OCc1ccccc1. The number of rotatable bonds is 3. The molecule has 5 heteroatoms. The summed E-state index contributed by atoms with van der Waals surface area (Å²) in [7, 11) is 0. The van der Waals surface area contributed by atoms with Crippen molar-refractivity contribution in [2.45, 2.75) is 25.5 Å². The van der Waals surface area contributed by atoms with Crippen molar-refractivity contribution in [2.24, 2.45) is 0 Å². The lowest BCUT2D eigenvalue weighted by Crippen LogP contribution is -2.41. The third-order valence-electron chi connectivity index (χ3n) is 3.05. The minimum Gasteiger partial charge on any atom is -0.445 e. The molecule has 2 rings (SSSR count). The van der Waals surface area contributed by atoms with Crippen LogP contribution in [0.5, 0.6) is 0 Å². The number of benzene rings is 1. The lowest BCUT2D eigenvalue weighted by molar-refractivity contribution is -0.120. The number of ether oxygens (including phenoxy) is 1. The highest BCUT2D eigenvalue weighted by atomic mass is 16.5. The van der Waals surface area contributed by atoms with Crippen molar-refractivity contribution in [3.8, 4) is 0 Å². The molecule has 1 fully saturated rings. The van der Waals surface area contributed by atoms with E-state index in [1.54, 1.807) is 0 Å². The summed E-state index contributed by atoms with van der Waals surface area (Å²) in [6.07, 6.45) is 0.521. The number of carbonyl (C=O) groups is 2. The molecule has 1 aromatic rings. The topological polar surface area (TPSA) is 67.4 Å². The van der Waals surface area contributed by atoms with Crippen molar-refractivity contribution < 1.29 is 14.3 Å². The summed E-state index contributed by atoms with van der Waals surface area (Å²) < 4.78 is 5.10. The molecule has 1 saturated heterocycles. The third-order valence-corrected chi connectivity index (χ3v) is 3.05. The fourth-order valence-electron chi connectivity index (χ4n) is 1.98. The van der Waals surface area contributed by atoms with Gasteiger partial charge in [0.2, 0.25) is 0 Å². The summed E-state index contributed by atoms with van der Waals surface area (Å²) in [6, 6.07) is 9.01. The molecule has 0 aliphatic carbocycles. The minimum atomic E-state index is -0.538. The van der Waals surface area contributed by atoms with Crippen LogP contribution < -0.4 is 10.6 Å². The largest absolute Gasteiger partial charge is 0.445 e. The van der Waals surface area contributed by atoms with Gasteiger partial charge < -0.3 is 15.4 Å². The number of amides is 1. The fraction of sp³-hybridized carbons (Fsp3) is 0.429. The molecule has 1 heterocycles. The van der Waals surface area contributed by atoms with Gasteiger partial charge in [-0.05, 0) is 18.5 Å². The van der Waals surface area contributed by atoms with Gasteiger partial charge in [0.05, 0.1) is 6.04 Å². The molecule has 0 radical (unpaired) electrons. The van der Waals surface area contributed by atoms with Crippen LogP contribution in [0.1, 0.15) is 18.4 Å². The van der Waals surface area contributed by atoms with E-state index in [1.807, 2.05) is 30.3 Å². The van der Waals surface area contributed by atoms with Crippen LogP contribution >= 0.6 is 0 Å². The molecule has 102 valence electrons. The van der Waals surface area contributed by atoms with Gasteiger partial charge in [-0.15, -0.1) is 0 Å². The number of nitrogens with one attached hydrogen (secondary N) is 2.